The first kappa shape index (κ1) is 11.5. The van der Waals surface area contributed by atoms with E-state index in [0.717, 1.165) is 11.3 Å². The van der Waals surface area contributed by atoms with E-state index < -0.39 is 0 Å². The maximum Gasteiger partial charge on any atom is 0.279 e. The highest BCUT2D eigenvalue weighted by Crippen LogP contribution is 2.32. The summed E-state index contributed by atoms with van der Waals surface area (Å²) in [5.74, 6) is 1.33. The van der Waals surface area contributed by atoms with Crippen LogP contribution in [0.25, 0.3) is 0 Å². The number of benzene rings is 1. The van der Waals surface area contributed by atoms with Crippen molar-refractivity contribution in [2.45, 2.75) is 6.42 Å². The number of rotatable bonds is 3. The molecule has 1 aromatic heterocycles. The van der Waals surface area contributed by atoms with E-state index >= 15 is 0 Å². The molecule has 2 heterocycles. The number of aromatic nitrogens is 1. The lowest BCUT2D eigenvalue weighted by atomic mass is 10.1. The molecule has 1 aromatic carbocycles. The number of carbonyl (C=O) groups is 1. The smallest absolute Gasteiger partial charge is 0.279 e. The minimum absolute atomic E-state index is 0.0879. The molecule has 1 aliphatic heterocycles. The van der Waals surface area contributed by atoms with Crippen molar-refractivity contribution in [1.29, 1.82) is 0 Å². The highest BCUT2D eigenvalue weighted by Gasteiger charge is 2.15. The van der Waals surface area contributed by atoms with Gasteiger partial charge < -0.3 is 9.47 Å². The number of nitrogens with zero attached hydrogens (tertiary/aromatic N) is 1. The lowest BCUT2D eigenvalue weighted by Crippen LogP contribution is -2.48. The van der Waals surface area contributed by atoms with E-state index in [-0.39, 0.29) is 12.7 Å². The average Bonchev–Trinajstić information content (AvgIpc) is 2.87. The van der Waals surface area contributed by atoms with Crippen LogP contribution in [0.2, 0.25) is 0 Å². The predicted octanol–water partition coefficient (Wildman–Crippen LogP) is 1.02. The number of nitrogens with one attached hydrogen (secondary N) is 1. The van der Waals surface area contributed by atoms with E-state index in [9.17, 15) is 4.79 Å². The van der Waals surface area contributed by atoms with Gasteiger partial charge in [-0.2, -0.15) is 0 Å². The molecule has 0 atom stereocenters. The third-order valence-electron chi connectivity index (χ3n) is 2.77. The van der Waals surface area contributed by atoms with Crippen LogP contribution >= 0.6 is 0 Å². The number of hydrogen-bond donors (Lipinski definition) is 1. The Morgan fingerprint density at radius 1 is 1.16 bits per heavy atom. The lowest BCUT2D eigenvalue weighted by Gasteiger charge is -2.02. The molecule has 0 radical (unpaired) electrons. The first-order valence-corrected chi connectivity index (χ1v) is 5.96. The Kier molecular flexibility index (Phi) is 3.02. The van der Waals surface area contributed by atoms with Gasteiger partial charge in [0.25, 0.3) is 5.91 Å². The van der Waals surface area contributed by atoms with Gasteiger partial charge in [-0.15, -0.1) is 5.43 Å². The summed E-state index contributed by atoms with van der Waals surface area (Å²) in [4.78, 5) is 11.9. The molecule has 0 aliphatic carbocycles. The first-order chi connectivity index (χ1) is 9.31. The molecule has 0 fully saturated rings. The summed E-state index contributed by atoms with van der Waals surface area (Å²) in [5.41, 5.74) is 3.65. The lowest BCUT2D eigenvalue weighted by molar-refractivity contribution is -0.642. The van der Waals surface area contributed by atoms with Gasteiger partial charge in [0.15, 0.2) is 23.9 Å². The van der Waals surface area contributed by atoms with Gasteiger partial charge in [0, 0.05) is 12.1 Å². The summed E-state index contributed by atoms with van der Waals surface area (Å²) in [6, 6.07) is 11.1. The van der Waals surface area contributed by atoms with Gasteiger partial charge in [0.1, 0.15) is 0 Å². The molecule has 96 valence electrons. The standard InChI is InChI=1S/C14H12N2O3/c17-14(15-16-6-2-1-3-7-16)9-11-4-5-12-13(8-11)19-10-18-12/h1-8H,9-10H2/p+1. The Labute approximate surface area is 110 Å². The van der Waals surface area contributed by atoms with Gasteiger partial charge in [-0.1, -0.05) is 16.8 Å². The van der Waals surface area contributed by atoms with Crippen LogP contribution in [0.15, 0.2) is 48.8 Å². The number of pyridine rings is 1. The third-order valence-corrected chi connectivity index (χ3v) is 2.77. The van der Waals surface area contributed by atoms with Crippen molar-refractivity contribution in [3.8, 4) is 11.5 Å². The zero-order chi connectivity index (χ0) is 13.1. The Bertz CT molecular complexity index is 599. The molecule has 3 rings (SSSR count). The van der Waals surface area contributed by atoms with Gasteiger partial charge in [-0.3, -0.25) is 4.79 Å². The van der Waals surface area contributed by atoms with Crippen molar-refractivity contribution < 1.29 is 18.9 Å². The number of fused-ring (bicyclic) bond motifs is 1. The maximum absolute atomic E-state index is 11.9. The molecular weight excluding hydrogens is 244 g/mol. The highest BCUT2D eigenvalue weighted by molar-refractivity contribution is 5.84. The third kappa shape index (κ3) is 2.65. The Balaban J connectivity index is 1.66. The van der Waals surface area contributed by atoms with Gasteiger partial charge in [0.05, 0.1) is 6.42 Å². The molecule has 2 aromatic rings. The molecule has 5 nitrogen and oxygen atoms in total. The van der Waals surface area contributed by atoms with Crippen LogP contribution < -0.4 is 19.6 Å². The van der Waals surface area contributed by atoms with Crippen LogP contribution in [0.1, 0.15) is 5.56 Å². The van der Waals surface area contributed by atoms with E-state index in [2.05, 4.69) is 5.43 Å². The molecule has 0 saturated heterocycles. The predicted molar refractivity (Wildman–Crippen MR) is 67.3 cm³/mol. The zero-order valence-electron chi connectivity index (χ0n) is 10.2. The molecular formula is C14H13N2O3+. The average molecular weight is 257 g/mol. The molecule has 5 heteroatoms. The maximum atomic E-state index is 11.9. The number of amides is 1. The van der Waals surface area contributed by atoms with Crippen molar-refractivity contribution in [3.63, 3.8) is 0 Å². The minimum atomic E-state index is -0.0879. The normalized spacial score (nSPS) is 12.2. The monoisotopic (exact) mass is 257 g/mol. The van der Waals surface area contributed by atoms with E-state index in [4.69, 9.17) is 9.47 Å². The summed E-state index contributed by atoms with van der Waals surface area (Å²) in [6.45, 7) is 0.241. The molecule has 1 amide bonds. The van der Waals surface area contributed by atoms with Gasteiger partial charge in [-0.25, -0.2) is 0 Å². The fraction of sp³-hybridized carbons (Fsp3) is 0.143. The molecule has 0 unspecified atom stereocenters. The molecule has 1 N–H and O–H groups in total. The number of ether oxygens (including phenoxy) is 2. The van der Waals surface area contributed by atoms with Crippen molar-refractivity contribution in [1.82, 2.24) is 0 Å². The van der Waals surface area contributed by atoms with E-state index in [1.165, 1.54) is 0 Å². The first-order valence-electron chi connectivity index (χ1n) is 5.96. The van der Waals surface area contributed by atoms with Gasteiger partial charge in [-0.05, 0) is 17.7 Å². The molecule has 0 bridgehead atoms. The molecule has 1 aliphatic rings. The summed E-state index contributed by atoms with van der Waals surface area (Å²) >= 11 is 0. The second-order valence-electron chi connectivity index (χ2n) is 4.18. The number of hydrogen-bond acceptors (Lipinski definition) is 3. The largest absolute Gasteiger partial charge is 0.454 e. The van der Waals surface area contributed by atoms with E-state index in [0.29, 0.717) is 12.2 Å². The summed E-state index contributed by atoms with van der Waals surface area (Å²) in [7, 11) is 0. The highest BCUT2D eigenvalue weighted by atomic mass is 16.7. The second-order valence-corrected chi connectivity index (χ2v) is 4.18. The Hall–Kier alpha value is -2.56. The van der Waals surface area contributed by atoms with Crippen LogP contribution in [0, 0.1) is 0 Å². The number of carbonyl (C=O) groups excluding carboxylic acids is 1. The molecule has 19 heavy (non-hydrogen) atoms. The fourth-order valence-corrected chi connectivity index (χ4v) is 1.89. The van der Waals surface area contributed by atoms with Crippen molar-refractivity contribution in [3.05, 3.63) is 54.4 Å². The topological polar surface area (TPSA) is 51.4 Å². The Morgan fingerprint density at radius 2 is 1.95 bits per heavy atom. The zero-order valence-corrected chi connectivity index (χ0v) is 10.2. The minimum Gasteiger partial charge on any atom is -0.454 e. The fourth-order valence-electron chi connectivity index (χ4n) is 1.89. The summed E-state index contributed by atoms with van der Waals surface area (Å²) < 4.78 is 12.1. The second kappa shape index (κ2) is 4.97. The van der Waals surface area contributed by atoms with Crippen molar-refractivity contribution in [2.24, 2.45) is 0 Å². The van der Waals surface area contributed by atoms with Gasteiger partial charge >= 0.3 is 0 Å². The summed E-state index contributed by atoms with van der Waals surface area (Å²) in [6.07, 6.45) is 3.84. The van der Waals surface area contributed by atoms with Crippen LogP contribution in [0.3, 0.4) is 0 Å². The van der Waals surface area contributed by atoms with Crippen LogP contribution in [0.4, 0.5) is 0 Å². The SMILES string of the molecule is O=C(Cc1ccc2c(c1)OCO2)N[n+]1ccccc1. The quantitative estimate of drug-likeness (QED) is 0.835. The molecule has 0 spiro atoms. The van der Waals surface area contributed by atoms with Crippen molar-refractivity contribution in [2.75, 3.05) is 12.2 Å². The Morgan fingerprint density at radius 3 is 2.79 bits per heavy atom. The van der Waals surface area contributed by atoms with E-state index in [1.807, 2.05) is 36.4 Å². The van der Waals surface area contributed by atoms with Crippen LogP contribution in [0.5, 0.6) is 11.5 Å². The van der Waals surface area contributed by atoms with Crippen LogP contribution in [-0.2, 0) is 11.2 Å². The van der Waals surface area contributed by atoms with Gasteiger partial charge in [0.2, 0.25) is 6.79 Å². The summed E-state index contributed by atoms with van der Waals surface area (Å²) in [5, 5.41) is 0. The van der Waals surface area contributed by atoms with E-state index in [1.54, 1.807) is 17.1 Å². The molecule has 0 saturated carbocycles. The van der Waals surface area contributed by atoms with Crippen LogP contribution in [-0.4, -0.2) is 12.7 Å². The van der Waals surface area contributed by atoms with Crippen molar-refractivity contribution >= 4 is 5.91 Å².